The minimum atomic E-state index is -0.991. The van der Waals surface area contributed by atoms with Crippen molar-refractivity contribution in [3.63, 3.8) is 0 Å². The molecule has 1 aliphatic rings. The lowest BCUT2D eigenvalue weighted by Gasteiger charge is -2.39. The van der Waals surface area contributed by atoms with Crippen molar-refractivity contribution in [2.45, 2.75) is 71.8 Å². The van der Waals surface area contributed by atoms with Crippen LogP contribution in [0.25, 0.3) is 0 Å². The van der Waals surface area contributed by atoms with Crippen LogP contribution in [0.4, 0.5) is 0 Å². The number of rotatable bonds is 5. The number of carboxylic acids is 1. The molecular weight excluding hydrogens is 242 g/mol. The molecule has 0 aromatic rings. The Morgan fingerprint density at radius 3 is 2.11 bits per heavy atom. The zero-order valence-corrected chi connectivity index (χ0v) is 12.6. The lowest BCUT2D eigenvalue weighted by Crippen LogP contribution is -2.57. The summed E-state index contributed by atoms with van der Waals surface area (Å²) in [6, 6.07) is 0. The van der Waals surface area contributed by atoms with Gasteiger partial charge in [-0.15, -0.1) is 0 Å². The van der Waals surface area contributed by atoms with Gasteiger partial charge >= 0.3 is 5.97 Å². The Bertz CT molecular complexity index is 341. The van der Waals surface area contributed by atoms with Crippen molar-refractivity contribution in [1.82, 2.24) is 5.32 Å². The van der Waals surface area contributed by atoms with E-state index in [0.29, 0.717) is 12.3 Å². The third kappa shape index (κ3) is 3.95. The van der Waals surface area contributed by atoms with Crippen molar-refractivity contribution in [3.05, 3.63) is 0 Å². The Morgan fingerprint density at radius 1 is 1.11 bits per heavy atom. The molecule has 0 bridgehead atoms. The molecule has 1 aliphatic carbocycles. The summed E-state index contributed by atoms with van der Waals surface area (Å²) < 4.78 is 0. The van der Waals surface area contributed by atoms with Gasteiger partial charge in [0.1, 0.15) is 0 Å². The molecule has 0 atom stereocenters. The molecule has 0 aliphatic heterocycles. The van der Waals surface area contributed by atoms with Crippen LogP contribution < -0.4 is 5.32 Å². The number of carbonyl (C=O) groups is 2. The lowest BCUT2D eigenvalue weighted by molar-refractivity contribution is -0.151. The largest absolute Gasteiger partial charge is 0.481 e. The summed E-state index contributed by atoms with van der Waals surface area (Å²) in [5.41, 5.74) is -1.75. The number of amides is 1. The first-order chi connectivity index (χ1) is 8.67. The van der Waals surface area contributed by atoms with Crippen LogP contribution in [-0.2, 0) is 9.59 Å². The van der Waals surface area contributed by atoms with Crippen LogP contribution in [0.2, 0.25) is 0 Å². The van der Waals surface area contributed by atoms with Gasteiger partial charge < -0.3 is 10.4 Å². The zero-order chi connectivity index (χ0) is 14.7. The zero-order valence-electron chi connectivity index (χ0n) is 12.6. The first-order valence-corrected chi connectivity index (χ1v) is 7.21. The van der Waals surface area contributed by atoms with Crippen molar-refractivity contribution in [1.29, 1.82) is 0 Å². The number of nitrogens with one attached hydrogen (secondary N) is 1. The van der Waals surface area contributed by atoms with Crippen molar-refractivity contribution in [2.24, 2.45) is 11.3 Å². The minimum absolute atomic E-state index is 0.0220. The van der Waals surface area contributed by atoms with Gasteiger partial charge in [0, 0.05) is 12.0 Å². The molecule has 1 saturated carbocycles. The van der Waals surface area contributed by atoms with Crippen LogP contribution in [0, 0.1) is 11.3 Å². The van der Waals surface area contributed by atoms with E-state index in [1.54, 1.807) is 27.7 Å². The standard InChI is InChI=1S/C15H27NO3/c1-14(2,13(18)19)15(3,4)16-12(17)10-11-8-6-5-7-9-11/h11H,5-10H2,1-4H3,(H,16,17)(H,18,19). The molecule has 19 heavy (non-hydrogen) atoms. The molecule has 0 radical (unpaired) electrons. The molecule has 1 amide bonds. The summed E-state index contributed by atoms with van der Waals surface area (Å²) in [6.45, 7) is 6.85. The second-order valence-corrected chi connectivity index (χ2v) is 6.81. The minimum Gasteiger partial charge on any atom is -0.481 e. The van der Waals surface area contributed by atoms with Crippen LogP contribution >= 0.6 is 0 Å². The molecule has 2 N–H and O–H groups in total. The van der Waals surface area contributed by atoms with Gasteiger partial charge in [-0.1, -0.05) is 19.3 Å². The number of aliphatic carboxylic acids is 1. The summed E-state index contributed by atoms with van der Waals surface area (Å²) in [7, 11) is 0. The Morgan fingerprint density at radius 2 is 1.63 bits per heavy atom. The molecule has 1 fully saturated rings. The Hall–Kier alpha value is -1.06. The summed E-state index contributed by atoms with van der Waals surface area (Å²) in [5.74, 6) is -0.445. The Balaban J connectivity index is 2.57. The second-order valence-electron chi connectivity index (χ2n) is 6.81. The van der Waals surface area contributed by atoms with E-state index in [-0.39, 0.29) is 5.91 Å². The maximum atomic E-state index is 12.1. The van der Waals surface area contributed by atoms with E-state index >= 15 is 0 Å². The fourth-order valence-corrected chi connectivity index (χ4v) is 2.48. The lowest BCUT2D eigenvalue weighted by atomic mass is 9.74. The normalized spacial score (nSPS) is 18.1. The molecular formula is C15H27NO3. The summed E-state index contributed by atoms with van der Waals surface area (Å²) in [4.78, 5) is 23.4. The maximum Gasteiger partial charge on any atom is 0.311 e. The molecule has 4 nitrogen and oxygen atoms in total. The molecule has 1 rings (SSSR count). The van der Waals surface area contributed by atoms with E-state index in [2.05, 4.69) is 5.32 Å². The van der Waals surface area contributed by atoms with Crippen LogP contribution in [0.5, 0.6) is 0 Å². The first-order valence-electron chi connectivity index (χ1n) is 7.21. The molecule has 110 valence electrons. The molecule has 0 aromatic heterocycles. The third-order valence-corrected chi connectivity index (χ3v) is 4.75. The monoisotopic (exact) mass is 269 g/mol. The van der Waals surface area contributed by atoms with Gasteiger partial charge in [-0.3, -0.25) is 9.59 Å². The summed E-state index contributed by atoms with van der Waals surface area (Å²) >= 11 is 0. The van der Waals surface area contributed by atoms with Crippen LogP contribution in [0.3, 0.4) is 0 Å². The molecule has 0 aromatic carbocycles. The van der Waals surface area contributed by atoms with E-state index in [1.165, 1.54) is 19.3 Å². The third-order valence-electron chi connectivity index (χ3n) is 4.75. The molecule has 4 heteroatoms. The quantitative estimate of drug-likeness (QED) is 0.806. The second kappa shape index (κ2) is 5.93. The van der Waals surface area contributed by atoms with Gasteiger partial charge in [0.25, 0.3) is 0 Å². The SMILES string of the molecule is CC(C)(NC(=O)CC1CCCCC1)C(C)(C)C(=O)O. The molecule has 0 heterocycles. The predicted molar refractivity (Wildman–Crippen MR) is 74.8 cm³/mol. The fourth-order valence-electron chi connectivity index (χ4n) is 2.48. The fraction of sp³-hybridized carbons (Fsp3) is 0.867. The van der Waals surface area contributed by atoms with E-state index in [1.807, 2.05) is 0 Å². The van der Waals surface area contributed by atoms with Gasteiger partial charge in [-0.2, -0.15) is 0 Å². The van der Waals surface area contributed by atoms with Crippen LogP contribution in [0.1, 0.15) is 66.2 Å². The molecule has 0 unspecified atom stereocenters. The highest BCUT2D eigenvalue weighted by Crippen LogP contribution is 2.32. The number of hydrogen-bond donors (Lipinski definition) is 2. The molecule has 0 saturated heterocycles. The topological polar surface area (TPSA) is 66.4 Å². The van der Waals surface area contributed by atoms with Gasteiger partial charge in [0.05, 0.1) is 5.41 Å². The van der Waals surface area contributed by atoms with E-state index < -0.39 is 16.9 Å². The van der Waals surface area contributed by atoms with Crippen molar-refractivity contribution >= 4 is 11.9 Å². The van der Waals surface area contributed by atoms with Crippen LogP contribution in [0.15, 0.2) is 0 Å². The Kier molecular flexibility index (Phi) is 4.99. The van der Waals surface area contributed by atoms with E-state index in [9.17, 15) is 14.7 Å². The van der Waals surface area contributed by atoms with E-state index in [4.69, 9.17) is 0 Å². The number of hydrogen-bond acceptors (Lipinski definition) is 2. The predicted octanol–water partition coefficient (Wildman–Crippen LogP) is 2.96. The first kappa shape index (κ1) is 16.0. The van der Waals surface area contributed by atoms with E-state index in [0.717, 1.165) is 12.8 Å². The van der Waals surface area contributed by atoms with Crippen molar-refractivity contribution < 1.29 is 14.7 Å². The summed E-state index contributed by atoms with van der Waals surface area (Å²) in [6.07, 6.45) is 6.46. The highest BCUT2D eigenvalue weighted by atomic mass is 16.4. The Labute approximate surface area is 116 Å². The van der Waals surface area contributed by atoms with Gasteiger partial charge in [-0.05, 0) is 46.5 Å². The van der Waals surface area contributed by atoms with Crippen molar-refractivity contribution in [3.8, 4) is 0 Å². The van der Waals surface area contributed by atoms with Crippen molar-refractivity contribution in [2.75, 3.05) is 0 Å². The van der Waals surface area contributed by atoms with Gasteiger partial charge in [0.15, 0.2) is 0 Å². The average molecular weight is 269 g/mol. The van der Waals surface area contributed by atoms with Gasteiger partial charge in [-0.25, -0.2) is 0 Å². The maximum absolute atomic E-state index is 12.1. The highest BCUT2D eigenvalue weighted by Gasteiger charge is 2.44. The summed E-state index contributed by atoms with van der Waals surface area (Å²) in [5, 5.41) is 12.2. The number of carbonyl (C=O) groups excluding carboxylic acids is 1. The molecule has 0 spiro atoms. The number of carboxylic acid groups (broad SMARTS) is 1. The smallest absolute Gasteiger partial charge is 0.311 e. The average Bonchev–Trinajstić information content (AvgIpc) is 2.28. The van der Waals surface area contributed by atoms with Gasteiger partial charge in [0.2, 0.25) is 5.91 Å². The highest BCUT2D eigenvalue weighted by molar-refractivity contribution is 5.80. The van der Waals surface area contributed by atoms with Crippen LogP contribution in [-0.4, -0.2) is 22.5 Å².